The number of Topliss-reactive ketones (excluding diaryl/α,β-unsaturated/α-hetero) is 1. The molecular formula is C19H18ClNO4. The molecular weight excluding hydrogens is 342 g/mol. The minimum atomic E-state index is -0.992. The number of carboxylic acids is 1. The summed E-state index contributed by atoms with van der Waals surface area (Å²) in [5.41, 5.74) is 0.608. The van der Waals surface area contributed by atoms with Gasteiger partial charge in [-0.3, -0.25) is 9.59 Å². The van der Waals surface area contributed by atoms with E-state index < -0.39 is 11.5 Å². The van der Waals surface area contributed by atoms with E-state index in [1.54, 1.807) is 24.3 Å². The van der Waals surface area contributed by atoms with Gasteiger partial charge in [0.25, 0.3) is 5.97 Å². The van der Waals surface area contributed by atoms with Crippen LogP contribution in [0.15, 0.2) is 66.9 Å². The first-order valence-electron chi connectivity index (χ1n) is 7.57. The molecule has 2 aromatic carbocycles. The number of rotatable bonds is 5. The van der Waals surface area contributed by atoms with E-state index in [0.29, 0.717) is 5.56 Å². The van der Waals surface area contributed by atoms with E-state index in [0.717, 1.165) is 17.8 Å². The largest absolute Gasteiger partial charge is 0.481 e. The number of halogens is 1. The van der Waals surface area contributed by atoms with Crippen molar-refractivity contribution in [2.75, 3.05) is 0 Å². The van der Waals surface area contributed by atoms with Crippen LogP contribution < -0.4 is 0 Å². The standard InChI is InChI=1S/C17H14ClNO2.C2H4O2/c18-17(16(20)14-7-2-1-3-8-14)21-12-19-11-10-13-6-4-5-9-15(13)19;1-2(3)4/h1-11,17H,12H2;1H3,(H,3,4). The van der Waals surface area contributed by atoms with Gasteiger partial charge in [0.05, 0.1) is 0 Å². The SMILES string of the molecule is CC(=O)O.O=C(c1ccccc1)C(Cl)OCn1ccc2ccccc21. The number of carbonyl (C=O) groups excluding carboxylic acids is 1. The lowest BCUT2D eigenvalue weighted by molar-refractivity contribution is -0.134. The number of hydrogen-bond donors (Lipinski definition) is 1. The number of fused-ring (bicyclic) bond motifs is 1. The molecule has 0 saturated carbocycles. The van der Waals surface area contributed by atoms with Gasteiger partial charge in [-0.1, -0.05) is 60.1 Å². The molecule has 0 bridgehead atoms. The Hall–Kier alpha value is -2.63. The van der Waals surface area contributed by atoms with Crippen LogP contribution in [0.1, 0.15) is 17.3 Å². The predicted molar refractivity (Wildman–Crippen MR) is 96.7 cm³/mol. The summed E-state index contributed by atoms with van der Waals surface area (Å²) in [5.74, 6) is -1.06. The van der Waals surface area contributed by atoms with Crippen molar-refractivity contribution in [2.24, 2.45) is 0 Å². The molecule has 0 aliphatic carbocycles. The molecule has 0 amide bonds. The van der Waals surface area contributed by atoms with Crippen molar-refractivity contribution in [3.63, 3.8) is 0 Å². The fraction of sp³-hybridized carbons (Fsp3) is 0.158. The van der Waals surface area contributed by atoms with Crippen LogP contribution in [0, 0.1) is 0 Å². The number of benzene rings is 2. The molecule has 25 heavy (non-hydrogen) atoms. The van der Waals surface area contributed by atoms with Crippen molar-refractivity contribution in [2.45, 2.75) is 19.2 Å². The molecule has 1 aromatic heterocycles. The summed E-state index contributed by atoms with van der Waals surface area (Å²) < 4.78 is 7.41. The Labute approximate surface area is 150 Å². The number of aromatic nitrogens is 1. The van der Waals surface area contributed by atoms with Crippen LogP contribution in [0.2, 0.25) is 0 Å². The molecule has 1 heterocycles. The van der Waals surface area contributed by atoms with Crippen LogP contribution in [0.5, 0.6) is 0 Å². The first-order valence-corrected chi connectivity index (χ1v) is 8.01. The summed E-state index contributed by atoms with van der Waals surface area (Å²) in [5, 5.41) is 8.54. The Bertz CT molecular complexity index is 841. The van der Waals surface area contributed by atoms with Crippen molar-refractivity contribution in [3.8, 4) is 0 Å². The van der Waals surface area contributed by atoms with Gasteiger partial charge < -0.3 is 14.4 Å². The van der Waals surface area contributed by atoms with Gasteiger partial charge >= 0.3 is 0 Å². The maximum Gasteiger partial charge on any atom is 0.300 e. The molecule has 1 unspecified atom stereocenters. The molecule has 1 N–H and O–H groups in total. The smallest absolute Gasteiger partial charge is 0.300 e. The van der Waals surface area contributed by atoms with Gasteiger partial charge in [0.2, 0.25) is 5.78 Å². The molecule has 130 valence electrons. The Balaban J connectivity index is 0.000000511. The van der Waals surface area contributed by atoms with Crippen molar-refractivity contribution in [1.82, 2.24) is 4.57 Å². The summed E-state index contributed by atoms with van der Waals surface area (Å²) in [4.78, 5) is 21.1. The van der Waals surface area contributed by atoms with Crippen molar-refractivity contribution in [3.05, 3.63) is 72.4 Å². The normalized spacial score (nSPS) is 11.4. The highest BCUT2D eigenvalue weighted by Gasteiger charge is 2.17. The van der Waals surface area contributed by atoms with Crippen molar-refractivity contribution in [1.29, 1.82) is 0 Å². The van der Waals surface area contributed by atoms with Crippen LogP contribution in [0.3, 0.4) is 0 Å². The molecule has 6 heteroatoms. The number of hydrogen-bond acceptors (Lipinski definition) is 3. The number of carboxylic acid groups (broad SMARTS) is 1. The average Bonchev–Trinajstić information content (AvgIpc) is 3.02. The topological polar surface area (TPSA) is 68.5 Å². The van der Waals surface area contributed by atoms with Crippen LogP contribution in [0.4, 0.5) is 0 Å². The molecule has 0 aliphatic heterocycles. The highest BCUT2D eigenvalue weighted by atomic mass is 35.5. The minimum Gasteiger partial charge on any atom is -0.481 e. The Morgan fingerprint density at radius 3 is 2.36 bits per heavy atom. The fourth-order valence-corrected chi connectivity index (χ4v) is 2.39. The van der Waals surface area contributed by atoms with Crippen LogP contribution in [-0.4, -0.2) is 27.0 Å². The lowest BCUT2D eigenvalue weighted by Crippen LogP contribution is -2.19. The second-order valence-corrected chi connectivity index (χ2v) is 5.60. The van der Waals surface area contributed by atoms with E-state index in [1.807, 2.05) is 47.2 Å². The van der Waals surface area contributed by atoms with Gasteiger partial charge in [0.1, 0.15) is 6.73 Å². The Morgan fingerprint density at radius 2 is 1.68 bits per heavy atom. The zero-order chi connectivity index (χ0) is 18.2. The van der Waals surface area contributed by atoms with Gasteiger partial charge in [-0.2, -0.15) is 0 Å². The van der Waals surface area contributed by atoms with Crippen LogP contribution in [0.25, 0.3) is 10.9 Å². The highest BCUT2D eigenvalue weighted by molar-refractivity contribution is 6.32. The predicted octanol–water partition coefficient (Wildman–Crippen LogP) is 4.15. The summed E-state index contributed by atoms with van der Waals surface area (Å²) >= 11 is 6.05. The molecule has 0 fully saturated rings. The second-order valence-electron chi connectivity index (χ2n) is 5.21. The van der Waals surface area contributed by atoms with Crippen molar-refractivity contribution < 1.29 is 19.4 Å². The number of ketones is 1. The van der Waals surface area contributed by atoms with Gasteiger partial charge in [-0.05, 0) is 17.5 Å². The summed E-state index contributed by atoms with van der Waals surface area (Å²) in [7, 11) is 0. The van der Waals surface area contributed by atoms with E-state index in [4.69, 9.17) is 26.2 Å². The summed E-state index contributed by atoms with van der Waals surface area (Å²) in [6, 6.07) is 18.9. The monoisotopic (exact) mass is 359 g/mol. The lowest BCUT2D eigenvalue weighted by Gasteiger charge is -2.12. The first-order chi connectivity index (χ1) is 12.0. The third-order valence-corrected chi connectivity index (χ3v) is 3.63. The molecule has 0 saturated heterocycles. The quantitative estimate of drug-likeness (QED) is 0.548. The highest BCUT2D eigenvalue weighted by Crippen LogP contribution is 2.16. The van der Waals surface area contributed by atoms with Crippen LogP contribution in [-0.2, 0) is 16.3 Å². The number of nitrogens with zero attached hydrogens (tertiary/aromatic N) is 1. The molecule has 1 atom stereocenters. The summed E-state index contributed by atoms with van der Waals surface area (Å²) in [6.45, 7) is 1.32. The third kappa shape index (κ3) is 5.45. The number of ether oxygens (including phenoxy) is 1. The lowest BCUT2D eigenvalue weighted by atomic mass is 10.1. The van der Waals surface area contributed by atoms with E-state index in [9.17, 15) is 4.79 Å². The Morgan fingerprint density at radius 1 is 1.08 bits per heavy atom. The molecule has 3 rings (SSSR count). The van der Waals surface area contributed by atoms with Gasteiger partial charge in [0.15, 0.2) is 5.56 Å². The number of aliphatic carboxylic acids is 1. The number of carbonyl (C=O) groups is 2. The summed E-state index contributed by atoms with van der Waals surface area (Å²) in [6.07, 6.45) is 1.92. The molecule has 0 spiro atoms. The third-order valence-electron chi connectivity index (χ3n) is 3.30. The van der Waals surface area contributed by atoms with Gasteiger partial charge in [-0.25, -0.2) is 0 Å². The maximum absolute atomic E-state index is 12.1. The average molecular weight is 360 g/mol. The van der Waals surface area contributed by atoms with Crippen molar-refractivity contribution >= 4 is 34.3 Å². The molecule has 0 aliphatic rings. The van der Waals surface area contributed by atoms with E-state index >= 15 is 0 Å². The van der Waals surface area contributed by atoms with Gasteiger partial charge in [-0.15, -0.1) is 0 Å². The Kier molecular flexibility index (Phi) is 6.74. The van der Waals surface area contributed by atoms with Crippen LogP contribution >= 0.6 is 11.6 Å². The first kappa shape index (κ1) is 18.7. The molecule has 3 aromatic rings. The van der Waals surface area contributed by atoms with Gasteiger partial charge in [0, 0.05) is 24.2 Å². The molecule has 0 radical (unpaired) electrons. The number of para-hydroxylation sites is 1. The van der Waals surface area contributed by atoms with E-state index in [1.165, 1.54) is 0 Å². The zero-order valence-electron chi connectivity index (χ0n) is 13.6. The zero-order valence-corrected chi connectivity index (χ0v) is 14.4. The minimum absolute atomic E-state index is 0.228. The van der Waals surface area contributed by atoms with E-state index in [-0.39, 0.29) is 12.5 Å². The maximum atomic E-state index is 12.1. The molecule has 5 nitrogen and oxygen atoms in total. The fourth-order valence-electron chi connectivity index (χ4n) is 2.21. The van der Waals surface area contributed by atoms with E-state index in [2.05, 4.69) is 0 Å². The second kappa shape index (κ2) is 9.01. The number of alkyl halides is 1.